The van der Waals surface area contributed by atoms with Crippen LogP contribution in [0.25, 0.3) is 10.4 Å². The Labute approximate surface area is 139 Å². The fourth-order valence-electron chi connectivity index (χ4n) is 1.89. The van der Waals surface area contributed by atoms with Gasteiger partial charge in [-0.3, -0.25) is 0 Å². The molecule has 0 aliphatic carbocycles. The predicted molar refractivity (Wildman–Crippen MR) is 89.3 cm³/mol. The summed E-state index contributed by atoms with van der Waals surface area (Å²) in [6, 6.07) is 9.39. The van der Waals surface area contributed by atoms with Gasteiger partial charge in [0, 0.05) is 17.6 Å². The number of benzene rings is 1. The number of nitrogens with zero attached hydrogens (tertiary/aromatic N) is 3. The number of hydrogen-bond donors (Lipinski definition) is 2. The number of β-amino-alcohol motifs (C(OH)–C–C–N with tert-alkyl or cyclic N) is 1. The van der Waals surface area contributed by atoms with Crippen LogP contribution in [0.5, 0.6) is 5.75 Å². The Morgan fingerprint density at radius 3 is 2.83 bits per heavy atom. The number of aliphatic hydroxyl groups is 1. The monoisotopic (exact) mass is 332 g/mol. The standard InChI is InChI=1S/C16H20N4O2S/c1-16(2,3)18-9-11(21)10-22-14-7-5-4-6-12(14)15-13(8-17)19-20-23-15/h4-7,11,18,21H,9-10H2,1-3H3. The van der Waals surface area contributed by atoms with Crippen molar-refractivity contribution in [1.82, 2.24) is 14.9 Å². The molecular formula is C16H20N4O2S. The van der Waals surface area contributed by atoms with Crippen molar-refractivity contribution < 1.29 is 9.84 Å². The van der Waals surface area contributed by atoms with Gasteiger partial charge in [-0.2, -0.15) is 5.26 Å². The second kappa shape index (κ2) is 7.51. The highest BCUT2D eigenvalue weighted by Crippen LogP contribution is 2.33. The van der Waals surface area contributed by atoms with Crippen molar-refractivity contribution >= 4 is 11.5 Å². The van der Waals surface area contributed by atoms with Crippen molar-refractivity contribution in [2.24, 2.45) is 0 Å². The van der Waals surface area contributed by atoms with Gasteiger partial charge < -0.3 is 15.2 Å². The van der Waals surface area contributed by atoms with E-state index in [2.05, 4.69) is 14.9 Å². The molecule has 0 saturated heterocycles. The first-order valence-electron chi connectivity index (χ1n) is 7.28. The molecule has 0 amide bonds. The molecule has 1 aromatic heterocycles. The van der Waals surface area contributed by atoms with Crippen LogP contribution in [0.2, 0.25) is 0 Å². The van der Waals surface area contributed by atoms with E-state index < -0.39 is 6.10 Å². The molecule has 0 saturated carbocycles. The molecule has 0 bridgehead atoms. The lowest BCUT2D eigenvalue weighted by Crippen LogP contribution is -2.42. The van der Waals surface area contributed by atoms with Crippen LogP contribution in [0.4, 0.5) is 0 Å². The van der Waals surface area contributed by atoms with Gasteiger partial charge in [-0.15, -0.1) is 5.10 Å². The maximum Gasteiger partial charge on any atom is 0.183 e. The quantitative estimate of drug-likeness (QED) is 0.843. The van der Waals surface area contributed by atoms with Crippen molar-refractivity contribution in [3.05, 3.63) is 30.0 Å². The fourth-order valence-corrected chi connectivity index (χ4v) is 2.53. The van der Waals surface area contributed by atoms with Gasteiger partial charge in [0.15, 0.2) is 5.69 Å². The first-order valence-corrected chi connectivity index (χ1v) is 8.06. The van der Waals surface area contributed by atoms with Crippen LogP contribution in [0.15, 0.2) is 24.3 Å². The molecule has 1 atom stereocenters. The molecular weight excluding hydrogens is 312 g/mol. The molecule has 0 fully saturated rings. The van der Waals surface area contributed by atoms with Crippen LogP contribution >= 0.6 is 11.5 Å². The van der Waals surface area contributed by atoms with Gasteiger partial charge in [-0.1, -0.05) is 16.6 Å². The van der Waals surface area contributed by atoms with Crippen molar-refractivity contribution in [1.29, 1.82) is 5.26 Å². The van der Waals surface area contributed by atoms with E-state index in [1.807, 2.05) is 45.0 Å². The summed E-state index contributed by atoms with van der Waals surface area (Å²) in [6.07, 6.45) is -0.627. The van der Waals surface area contributed by atoms with Gasteiger partial charge in [0.05, 0.1) is 4.88 Å². The summed E-state index contributed by atoms with van der Waals surface area (Å²) in [4.78, 5) is 0.672. The van der Waals surface area contributed by atoms with Gasteiger partial charge >= 0.3 is 0 Å². The molecule has 1 unspecified atom stereocenters. The van der Waals surface area contributed by atoms with Crippen LogP contribution in [0.1, 0.15) is 26.5 Å². The third-order valence-corrected chi connectivity index (χ3v) is 3.78. The summed E-state index contributed by atoms with van der Waals surface area (Å²) in [7, 11) is 0. The molecule has 7 heteroatoms. The molecule has 2 N–H and O–H groups in total. The molecule has 0 radical (unpaired) electrons. The normalized spacial score (nSPS) is 12.7. The summed E-state index contributed by atoms with van der Waals surface area (Å²) in [5.74, 6) is 0.602. The number of aliphatic hydroxyl groups excluding tert-OH is 1. The van der Waals surface area contributed by atoms with Crippen molar-refractivity contribution in [2.45, 2.75) is 32.4 Å². The lowest BCUT2D eigenvalue weighted by molar-refractivity contribution is 0.100. The maximum atomic E-state index is 10.0. The minimum absolute atomic E-state index is 0.0606. The number of nitrogens with one attached hydrogen (secondary N) is 1. The van der Waals surface area contributed by atoms with E-state index in [4.69, 9.17) is 10.00 Å². The van der Waals surface area contributed by atoms with Crippen LogP contribution in [-0.4, -0.2) is 39.5 Å². The van der Waals surface area contributed by atoms with E-state index in [1.54, 1.807) is 6.07 Å². The highest BCUT2D eigenvalue weighted by atomic mass is 32.1. The molecule has 0 aliphatic rings. The maximum absolute atomic E-state index is 10.0. The van der Waals surface area contributed by atoms with Crippen LogP contribution < -0.4 is 10.1 Å². The molecule has 2 rings (SSSR count). The first-order chi connectivity index (χ1) is 10.9. The first kappa shape index (κ1) is 17.3. The molecule has 0 aliphatic heterocycles. The number of para-hydroxylation sites is 1. The molecule has 122 valence electrons. The van der Waals surface area contributed by atoms with Crippen molar-refractivity contribution in [3.63, 3.8) is 0 Å². The Morgan fingerprint density at radius 1 is 1.39 bits per heavy atom. The summed E-state index contributed by atoms with van der Waals surface area (Å²) in [5.41, 5.74) is 0.977. The van der Waals surface area contributed by atoms with Crippen LogP contribution in [-0.2, 0) is 0 Å². The molecule has 2 aromatic rings. The second-order valence-corrected chi connectivity index (χ2v) is 6.91. The average molecular weight is 332 g/mol. The highest BCUT2D eigenvalue weighted by Gasteiger charge is 2.16. The smallest absolute Gasteiger partial charge is 0.183 e. The Hall–Kier alpha value is -2.01. The Balaban J connectivity index is 2.06. The highest BCUT2D eigenvalue weighted by molar-refractivity contribution is 7.09. The van der Waals surface area contributed by atoms with E-state index in [1.165, 1.54) is 0 Å². The molecule has 6 nitrogen and oxygen atoms in total. The number of ether oxygens (including phenoxy) is 1. The second-order valence-electron chi connectivity index (χ2n) is 6.15. The van der Waals surface area contributed by atoms with Gasteiger partial charge in [-0.05, 0) is 44.4 Å². The topological polar surface area (TPSA) is 91.1 Å². The predicted octanol–water partition coefficient (Wildman–Crippen LogP) is 2.20. The summed E-state index contributed by atoms with van der Waals surface area (Å²) in [5, 5.41) is 26.1. The van der Waals surface area contributed by atoms with E-state index in [-0.39, 0.29) is 17.8 Å². The Kier molecular flexibility index (Phi) is 5.66. The van der Waals surface area contributed by atoms with Gasteiger partial charge in [0.25, 0.3) is 0 Å². The number of nitriles is 1. The zero-order valence-corrected chi connectivity index (χ0v) is 14.2. The SMILES string of the molecule is CC(C)(C)NCC(O)COc1ccccc1-c1snnc1C#N. The largest absolute Gasteiger partial charge is 0.490 e. The third-order valence-electron chi connectivity index (χ3n) is 3.02. The zero-order chi connectivity index (χ0) is 16.9. The molecule has 1 heterocycles. The van der Waals surface area contributed by atoms with E-state index in [0.717, 1.165) is 17.1 Å². The minimum Gasteiger partial charge on any atom is -0.490 e. The summed E-state index contributed by atoms with van der Waals surface area (Å²) >= 11 is 1.15. The number of aromatic nitrogens is 2. The fraction of sp³-hybridized carbons (Fsp3) is 0.438. The minimum atomic E-state index is -0.627. The van der Waals surface area contributed by atoms with Crippen LogP contribution in [0, 0.1) is 11.3 Å². The van der Waals surface area contributed by atoms with Gasteiger partial charge in [0.2, 0.25) is 0 Å². The Bertz CT molecular complexity index is 688. The van der Waals surface area contributed by atoms with Gasteiger partial charge in [0.1, 0.15) is 24.5 Å². The summed E-state index contributed by atoms with van der Waals surface area (Å²) < 4.78 is 9.56. The number of rotatable bonds is 6. The summed E-state index contributed by atoms with van der Waals surface area (Å²) in [6.45, 7) is 6.72. The zero-order valence-electron chi connectivity index (χ0n) is 13.4. The van der Waals surface area contributed by atoms with Crippen molar-refractivity contribution in [2.75, 3.05) is 13.2 Å². The average Bonchev–Trinajstić information content (AvgIpc) is 2.99. The Morgan fingerprint density at radius 2 is 2.13 bits per heavy atom. The van der Waals surface area contributed by atoms with Crippen molar-refractivity contribution in [3.8, 4) is 22.3 Å². The van der Waals surface area contributed by atoms with Gasteiger partial charge in [-0.25, -0.2) is 0 Å². The van der Waals surface area contributed by atoms with E-state index in [9.17, 15) is 5.11 Å². The van der Waals surface area contributed by atoms with E-state index in [0.29, 0.717) is 17.2 Å². The number of hydrogen-bond acceptors (Lipinski definition) is 7. The third kappa shape index (κ3) is 4.99. The van der Waals surface area contributed by atoms with Crippen LogP contribution in [0.3, 0.4) is 0 Å². The molecule has 1 aromatic carbocycles. The lowest BCUT2D eigenvalue weighted by Gasteiger charge is -2.23. The van der Waals surface area contributed by atoms with E-state index >= 15 is 0 Å². The molecule has 23 heavy (non-hydrogen) atoms. The lowest BCUT2D eigenvalue weighted by atomic mass is 10.1. The molecule has 0 spiro atoms.